The first-order valence-electron chi connectivity index (χ1n) is 9.86. The van der Waals surface area contributed by atoms with Gasteiger partial charge in [0, 0.05) is 6.42 Å². The number of imidazole rings is 1. The minimum atomic E-state index is -2.56. The number of benzene rings is 1. The van der Waals surface area contributed by atoms with Crippen LogP contribution in [0.15, 0.2) is 30.6 Å². The van der Waals surface area contributed by atoms with Crippen LogP contribution in [-0.4, -0.2) is 60.0 Å². The Labute approximate surface area is 190 Å². The van der Waals surface area contributed by atoms with Crippen molar-refractivity contribution in [2.45, 2.75) is 37.2 Å². The van der Waals surface area contributed by atoms with E-state index in [0.29, 0.717) is 29.6 Å². The van der Waals surface area contributed by atoms with Gasteiger partial charge in [-0.1, -0.05) is 12.1 Å². The van der Waals surface area contributed by atoms with Crippen LogP contribution in [0.1, 0.15) is 24.6 Å². The highest BCUT2D eigenvalue weighted by molar-refractivity contribution is 6.28. The molecule has 1 aliphatic rings. The molecule has 174 valence electrons. The van der Waals surface area contributed by atoms with Crippen LogP contribution in [0.4, 0.5) is 10.2 Å². The molecule has 1 fully saturated rings. The molecule has 0 radical (unpaired) electrons. The van der Waals surface area contributed by atoms with E-state index in [1.54, 1.807) is 4.57 Å². The third-order valence-corrected chi connectivity index (χ3v) is 5.56. The lowest BCUT2D eigenvalue weighted by atomic mass is 9.94. The molecule has 4 N–H and O–H groups in total. The van der Waals surface area contributed by atoms with E-state index in [9.17, 15) is 24.2 Å². The third-order valence-electron chi connectivity index (χ3n) is 5.39. The number of nitrogens with zero attached hydrogens (tertiary/aromatic N) is 4. The van der Waals surface area contributed by atoms with Gasteiger partial charge in [-0.25, -0.2) is 19.0 Å². The van der Waals surface area contributed by atoms with Crippen LogP contribution < -0.4 is 5.73 Å². The monoisotopic (exact) mass is 479 g/mol. The molecule has 1 aromatic carbocycles. The molecule has 0 bridgehead atoms. The minimum Gasteiger partial charge on any atom is -0.479 e. The van der Waals surface area contributed by atoms with Crippen LogP contribution in [0.25, 0.3) is 11.2 Å². The summed E-state index contributed by atoms with van der Waals surface area (Å²) in [5, 5.41) is 19.3. The van der Waals surface area contributed by atoms with Crippen molar-refractivity contribution >= 4 is 40.5 Å². The van der Waals surface area contributed by atoms with E-state index in [2.05, 4.69) is 15.0 Å². The summed E-state index contributed by atoms with van der Waals surface area (Å²) >= 11 is 5.89. The second-order valence-electron chi connectivity index (χ2n) is 7.54. The summed E-state index contributed by atoms with van der Waals surface area (Å²) in [6, 6.07) is 4.85. The van der Waals surface area contributed by atoms with Crippen LogP contribution >= 0.6 is 11.6 Å². The summed E-state index contributed by atoms with van der Waals surface area (Å²) < 4.78 is 26.2. The smallest absolute Gasteiger partial charge is 0.348 e. The highest BCUT2D eigenvalue weighted by atomic mass is 35.5. The van der Waals surface area contributed by atoms with Crippen molar-refractivity contribution in [1.29, 1.82) is 0 Å². The van der Waals surface area contributed by atoms with Gasteiger partial charge in [-0.15, -0.1) is 0 Å². The molecule has 2 atom stereocenters. The highest BCUT2D eigenvalue weighted by Crippen LogP contribution is 2.32. The Morgan fingerprint density at radius 1 is 1.24 bits per heavy atom. The number of aromatic nitrogens is 4. The summed E-state index contributed by atoms with van der Waals surface area (Å²) in [6.45, 7) is -0.291. The van der Waals surface area contributed by atoms with Crippen molar-refractivity contribution in [3.05, 3.63) is 47.3 Å². The number of carbonyl (C=O) groups is 2. The molecule has 0 aliphatic carbocycles. The van der Waals surface area contributed by atoms with E-state index in [1.165, 1.54) is 18.5 Å². The normalized spacial score (nSPS) is 18.6. The predicted molar refractivity (Wildman–Crippen MR) is 112 cm³/mol. The van der Waals surface area contributed by atoms with Crippen LogP contribution in [0.5, 0.6) is 0 Å². The molecule has 3 aromatic rings. The lowest BCUT2D eigenvalue weighted by Crippen LogP contribution is -2.52. The van der Waals surface area contributed by atoms with Crippen molar-refractivity contribution in [3.63, 3.8) is 0 Å². The number of hydrogen-bond donors (Lipinski definition) is 3. The lowest BCUT2D eigenvalue weighted by molar-refractivity contribution is -0.188. The number of ether oxygens (including phenoxy) is 2. The Morgan fingerprint density at radius 2 is 1.94 bits per heavy atom. The zero-order chi connectivity index (χ0) is 23.8. The van der Waals surface area contributed by atoms with Crippen molar-refractivity contribution in [3.8, 4) is 0 Å². The molecule has 0 amide bonds. The van der Waals surface area contributed by atoms with Crippen LogP contribution in [-0.2, 0) is 25.5 Å². The molecule has 33 heavy (non-hydrogen) atoms. The van der Waals surface area contributed by atoms with Gasteiger partial charge < -0.3 is 25.4 Å². The van der Waals surface area contributed by atoms with Gasteiger partial charge >= 0.3 is 11.9 Å². The number of halogens is 2. The van der Waals surface area contributed by atoms with E-state index in [1.807, 2.05) is 0 Å². The van der Waals surface area contributed by atoms with Crippen LogP contribution in [0, 0.1) is 5.82 Å². The van der Waals surface area contributed by atoms with Crippen LogP contribution in [0.2, 0.25) is 5.28 Å². The van der Waals surface area contributed by atoms with Gasteiger partial charge in [0.1, 0.15) is 17.6 Å². The summed E-state index contributed by atoms with van der Waals surface area (Å²) in [6.07, 6.45) is 0.849. The van der Waals surface area contributed by atoms with Gasteiger partial charge in [0.15, 0.2) is 11.5 Å². The van der Waals surface area contributed by atoms with E-state index >= 15 is 0 Å². The topological polar surface area (TPSA) is 163 Å². The number of anilines is 1. The number of nitrogens with two attached hydrogens (primary N) is 1. The molecule has 3 heterocycles. The first-order valence-corrected chi connectivity index (χ1v) is 10.2. The van der Waals surface area contributed by atoms with E-state index in [-0.39, 0.29) is 17.7 Å². The highest BCUT2D eigenvalue weighted by Gasteiger charge is 2.49. The fraction of sp³-hybridized carbons (Fsp3) is 0.350. The Balaban J connectivity index is 1.49. The number of carboxylic acid groups (broad SMARTS) is 2. The fourth-order valence-corrected chi connectivity index (χ4v) is 3.85. The standard InChI is InChI=1S/C20H19ClFN5O6/c21-19-25-15(23)14-16(26-19)27(9-24-14)13-6-5-12(33-13)8-32-20(17(28)29,18(30)31)7-10-1-3-11(22)4-2-10/h1-4,9,12-13H,5-8H2,(H,28,29)(H,30,31)(H2,23,25,26). The van der Waals surface area contributed by atoms with Gasteiger partial charge in [-0.3, -0.25) is 4.57 Å². The molecule has 1 aliphatic heterocycles. The fourth-order valence-electron chi connectivity index (χ4n) is 3.68. The Hall–Kier alpha value is -3.35. The number of fused-ring (bicyclic) bond motifs is 1. The van der Waals surface area contributed by atoms with Crippen LogP contribution in [0.3, 0.4) is 0 Å². The SMILES string of the molecule is Nc1nc(Cl)nc2c1ncn2C1CCC(COC(Cc2ccc(F)cc2)(C(=O)O)C(=O)O)O1. The van der Waals surface area contributed by atoms with Crippen molar-refractivity contribution in [1.82, 2.24) is 19.5 Å². The van der Waals surface area contributed by atoms with E-state index in [0.717, 1.165) is 12.1 Å². The average molecular weight is 480 g/mol. The van der Waals surface area contributed by atoms with E-state index in [4.69, 9.17) is 26.8 Å². The third kappa shape index (κ3) is 4.45. The van der Waals surface area contributed by atoms with Gasteiger partial charge in [-0.2, -0.15) is 9.97 Å². The maximum Gasteiger partial charge on any atom is 0.348 e. The summed E-state index contributed by atoms with van der Waals surface area (Å²) in [7, 11) is 0. The number of rotatable bonds is 8. The molecule has 0 saturated carbocycles. The maximum absolute atomic E-state index is 13.2. The first-order chi connectivity index (χ1) is 15.7. The second-order valence-corrected chi connectivity index (χ2v) is 7.88. The number of nitrogen functional groups attached to an aromatic ring is 1. The molecule has 2 aromatic heterocycles. The van der Waals surface area contributed by atoms with Crippen molar-refractivity contribution in [2.75, 3.05) is 12.3 Å². The predicted octanol–water partition coefficient (Wildman–Crippen LogP) is 2.05. The average Bonchev–Trinajstić information content (AvgIpc) is 3.39. The minimum absolute atomic E-state index is 0.0480. The van der Waals surface area contributed by atoms with Gasteiger partial charge in [-0.05, 0) is 42.1 Å². The first kappa shape index (κ1) is 22.8. The van der Waals surface area contributed by atoms with Crippen molar-refractivity contribution < 1.29 is 33.7 Å². The largest absolute Gasteiger partial charge is 0.479 e. The Kier molecular flexibility index (Phi) is 6.15. The summed E-state index contributed by atoms with van der Waals surface area (Å²) in [5.74, 6) is -3.75. The maximum atomic E-state index is 13.2. The summed E-state index contributed by atoms with van der Waals surface area (Å²) in [4.78, 5) is 36.0. The molecule has 4 rings (SSSR count). The zero-order valence-corrected chi connectivity index (χ0v) is 17.8. The molecule has 13 heteroatoms. The molecular weight excluding hydrogens is 461 g/mol. The Morgan fingerprint density at radius 3 is 2.61 bits per heavy atom. The molecule has 1 saturated heterocycles. The van der Waals surface area contributed by atoms with Gasteiger partial charge in [0.05, 0.1) is 19.0 Å². The number of hydrogen-bond acceptors (Lipinski definition) is 8. The Bertz CT molecular complexity index is 1190. The molecule has 11 nitrogen and oxygen atoms in total. The molecule has 2 unspecified atom stereocenters. The second kappa shape index (κ2) is 8.89. The molecule has 0 spiro atoms. The quantitative estimate of drug-likeness (QED) is 0.322. The van der Waals surface area contributed by atoms with E-state index < -0.39 is 42.1 Å². The van der Waals surface area contributed by atoms with Gasteiger partial charge in [0.25, 0.3) is 5.60 Å². The van der Waals surface area contributed by atoms with Crippen molar-refractivity contribution in [2.24, 2.45) is 0 Å². The zero-order valence-electron chi connectivity index (χ0n) is 17.0. The number of carboxylic acids is 2. The lowest BCUT2D eigenvalue weighted by Gasteiger charge is -2.27. The summed E-state index contributed by atoms with van der Waals surface area (Å²) in [5.41, 5.74) is 4.29. The molecular formula is C20H19ClFN5O6. The van der Waals surface area contributed by atoms with Gasteiger partial charge in [0.2, 0.25) is 5.28 Å². The number of aliphatic carboxylic acids is 2.